The summed E-state index contributed by atoms with van der Waals surface area (Å²) in [5.41, 5.74) is 0.747. The van der Waals surface area contributed by atoms with Crippen molar-refractivity contribution in [3.05, 3.63) is 59.3 Å². The molecule has 0 aliphatic rings. The predicted octanol–water partition coefficient (Wildman–Crippen LogP) is 3.86. The van der Waals surface area contributed by atoms with Gasteiger partial charge in [0.1, 0.15) is 17.9 Å². The minimum Gasteiger partial charge on any atom is -0.451 e. The summed E-state index contributed by atoms with van der Waals surface area (Å²) in [5.74, 6) is 1.31. The fourth-order valence-electron chi connectivity index (χ4n) is 2.59. The molecule has 25 heavy (non-hydrogen) atoms. The van der Waals surface area contributed by atoms with Crippen LogP contribution < -0.4 is 5.32 Å². The third kappa shape index (κ3) is 3.58. The van der Waals surface area contributed by atoms with Gasteiger partial charge >= 0.3 is 0 Å². The second-order valence-electron chi connectivity index (χ2n) is 6.08. The lowest BCUT2D eigenvalue weighted by Crippen LogP contribution is -2.33. The van der Waals surface area contributed by atoms with E-state index in [1.165, 1.54) is 6.33 Å². The number of hydrogen-bond acceptors (Lipinski definition) is 4. The van der Waals surface area contributed by atoms with E-state index in [1.54, 1.807) is 29.9 Å². The molecule has 0 spiro atoms. The standard InChI is InChI=1S/C18H19ClN4O2/c1-11(2)16(17-20-10-21-23(17)3)22-18(24)15-9-8-14(25-15)12-6-4-5-7-13(12)19/h4-11,16H,1-3H3,(H,22,24)/t16-/m0/s1. The van der Waals surface area contributed by atoms with E-state index in [4.69, 9.17) is 16.0 Å². The van der Waals surface area contributed by atoms with E-state index in [-0.39, 0.29) is 23.6 Å². The molecular formula is C18H19ClN4O2. The highest BCUT2D eigenvalue weighted by atomic mass is 35.5. The van der Waals surface area contributed by atoms with E-state index in [0.717, 1.165) is 5.56 Å². The van der Waals surface area contributed by atoms with Gasteiger partial charge in [0, 0.05) is 12.6 Å². The lowest BCUT2D eigenvalue weighted by Gasteiger charge is -2.20. The van der Waals surface area contributed by atoms with Crippen molar-refractivity contribution in [1.29, 1.82) is 0 Å². The predicted molar refractivity (Wildman–Crippen MR) is 95.2 cm³/mol. The number of benzene rings is 1. The number of rotatable bonds is 5. The Morgan fingerprint density at radius 2 is 2.00 bits per heavy atom. The highest BCUT2D eigenvalue weighted by Crippen LogP contribution is 2.29. The third-order valence-corrected chi connectivity index (χ3v) is 4.28. The van der Waals surface area contributed by atoms with Gasteiger partial charge in [0.15, 0.2) is 5.76 Å². The number of aromatic nitrogens is 3. The summed E-state index contributed by atoms with van der Waals surface area (Å²) in [7, 11) is 1.80. The molecule has 1 amide bonds. The van der Waals surface area contributed by atoms with Crippen LogP contribution in [-0.2, 0) is 7.05 Å². The number of furan rings is 1. The molecule has 2 aromatic heterocycles. The second kappa shape index (κ2) is 7.11. The summed E-state index contributed by atoms with van der Waals surface area (Å²) >= 11 is 6.18. The van der Waals surface area contributed by atoms with E-state index in [1.807, 2.05) is 32.0 Å². The van der Waals surface area contributed by atoms with Crippen LogP contribution in [0.5, 0.6) is 0 Å². The van der Waals surface area contributed by atoms with Gasteiger partial charge in [-0.1, -0.05) is 37.6 Å². The van der Waals surface area contributed by atoms with Crippen molar-refractivity contribution >= 4 is 17.5 Å². The van der Waals surface area contributed by atoms with Gasteiger partial charge in [-0.2, -0.15) is 5.10 Å². The number of amides is 1. The fourth-order valence-corrected chi connectivity index (χ4v) is 2.82. The van der Waals surface area contributed by atoms with Crippen molar-refractivity contribution in [2.75, 3.05) is 0 Å². The molecule has 0 aliphatic carbocycles. The van der Waals surface area contributed by atoms with Crippen molar-refractivity contribution in [2.45, 2.75) is 19.9 Å². The molecule has 6 nitrogen and oxygen atoms in total. The first-order valence-corrected chi connectivity index (χ1v) is 8.34. The summed E-state index contributed by atoms with van der Waals surface area (Å²) in [4.78, 5) is 16.8. The zero-order chi connectivity index (χ0) is 18.0. The highest BCUT2D eigenvalue weighted by molar-refractivity contribution is 6.33. The maximum Gasteiger partial charge on any atom is 0.287 e. The van der Waals surface area contributed by atoms with Crippen LogP contribution in [0.4, 0.5) is 0 Å². The Bertz CT molecular complexity index is 885. The Kier molecular flexibility index (Phi) is 4.90. The molecule has 0 saturated heterocycles. The Balaban J connectivity index is 1.82. The molecule has 130 valence electrons. The van der Waals surface area contributed by atoms with Crippen LogP contribution in [0.2, 0.25) is 5.02 Å². The summed E-state index contributed by atoms with van der Waals surface area (Å²) in [6, 6.07) is 10.4. The molecule has 0 unspecified atom stereocenters. The molecule has 3 rings (SSSR count). The smallest absolute Gasteiger partial charge is 0.287 e. The maximum absolute atomic E-state index is 12.6. The van der Waals surface area contributed by atoms with Crippen molar-refractivity contribution in [2.24, 2.45) is 13.0 Å². The first kappa shape index (κ1) is 17.2. The molecule has 0 radical (unpaired) electrons. The van der Waals surface area contributed by atoms with E-state index in [0.29, 0.717) is 16.6 Å². The first-order valence-electron chi connectivity index (χ1n) is 7.97. The molecule has 1 N–H and O–H groups in total. The maximum atomic E-state index is 12.6. The minimum absolute atomic E-state index is 0.143. The highest BCUT2D eigenvalue weighted by Gasteiger charge is 2.24. The van der Waals surface area contributed by atoms with Crippen LogP contribution >= 0.6 is 11.6 Å². The van der Waals surface area contributed by atoms with Crippen molar-refractivity contribution in [3.8, 4) is 11.3 Å². The minimum atomic E-state index is -0.306. The van der Waals surface area contributed by atoms with Crippen molar-refractivity contribution in [1.82, 2.24) is 20.1 Å². The van der Waals surface area contributed by atoms with Crippen LogP contribution in [0.1, 0.15) is 36.3 Å². The molecule has 0 fully saturated rings. The van der Waals surface area contributed by atoms with Gasteiger partial charge in [-0.15, -0.1) is 0 Å². The van der Waals surface area contributed by atoms with E-state index in [9.17, 15) is 4.79 Å². The Hall–Kier alpha value is -2.60. The molecule has 1 aromatic carbocycles. The SMILES string of the molecule is CC(C)[C@H](NC(=O)c1ccc(-c2ccccc2Cl)o1)c1ncnn1C. The third-order valence-electron chi connectivity index (χ3n) is 3.95. The van der Waals surface area contributed by atoms with Crippen LogP contribution in [0.3, 0.4) is 0 Å². The van der Waals surface area contributed by atoms with Gasteiger partial charge in [0.25, 0.3) is 5.91 Å². The summed E-state index contributed by atoms with van der Waals surface area (Å²) in [6.45, 7) is 4.02. The number of halogens is 1. The number of aryl methyl sites for hydroxylation is 1. The number of hydrogen-bond donors (Lipinski definition) is 1. The lowest BCUT2D eigenvalue weighted by atomic mass is 10.0. The average molecular weight is 359 g/mol. The molecular weight excluding hydrogens is 340 g/mol. The van der Waals surface area contributed by atoms with Gasteiger partial charge in [-0.3, -0.25) is 9.48 Å². The van der Waals surface area contributed by atoms with Crippen molar-refractivity contribution < 1.29 is 9.21 Å². The zero-order valence-electron chi connectivity index (χ0n) is 14.2. The Labute approximate surface area is 150 Å². The summed E-state index contributed by atoms with van der Waals surface area (Å²) < 4.78 is 7.36. The van der Waals surface area contributed by atoms with Gasteiger partial charge < -0.3 is 9.73 Å². The molecule has 0 aliphatic heterocycles. The van der Waals surface area contributed by atoms with Crippen LogP contribution in [-0.4, -0.2) is 20.7 Å². The molecule has 0 bridgehead atoms. The largest absolute Gasteiger partial charge is 0.451 e. The summed E-state index contributed by atoms with van der Waals surface area (Å²) in [6.07, 6.45) is 1.47. The average Bonchev–Trinajstić information content (AvgIpc) is 3.22. The van der Waals surface area contributed by atoms with Gasteiger partial charge in [-0.25, -0.2) is 4.98 Å². The molecule has 3 aromatic rings. The topological polar surface area (TPSA) is 73.0 Å². The molecule has 0 saturated carbocycles. The quantitative estimate of drug-likeness (QED) is 0.751. The second-order valence-corrected chi connectivity index (χ2v) is 6.49. The van der Waals surface area contributed by atoms with Gasteiger partial charge in [-0.05, 0) is 30.2 Å². The van der Waals surface area contributed by atoms with E-state index < -0.39 is 0 Å². The van der Waals surface area contributed by atoms with Crippen LogP contribution in [0, 0.1) is 5.92 Å². The molecule has 7 heteroatoms. The van der Waals surface area contributed by atoms with Gasteiger partial charge in [0.05, 0.1) is 11.1 Å². The monoisotopic (exact) mass is 358 g/mol. The summed E-state index contributed by atoms with van der Waals surface area (Å²) in [5, 5.41) is 7.61. The van der Waals surface area contributed by atoms with E-state index in [2.05, 4.69) is 15.4 Å². The van der Waals surface area contributed by atoms with Crippen LogP contribution in [0.25, 0.3) is 11.3 Å². The molecule has 2 heterocycles. The number of carbonyl (C=O) groups excluding carboxylic acids is 1. The Morgan fingerprint density at radius 1 is 1.24 bits per heavy atom. The normalized spacial score (nSPS) is 12.4. The Morgan fingerprint density at radius 3 is 2.64 bits per heavy atom. The lowest BCUT2D eigenvalue weighted by molar-refractivity contribution is 0.0894. The number of carbonyl (C=O) groups is 1. The number of nitrogens with one attached hydrogen (secondary N) is 1. The number of nitrogens with zero attached hydrogens (tertiary/aromatic N) is 3. The fraction of sp³-hybridized carbons (Fsp3) is 0.278. The van der Waals surface area contributed by atoms with Gasteiger partial charge in [0.2, 0.25) is 0 Å². The first-order chi connectivity index (χ1) is 12.0. The van der Waals surface area contributed by atoms with E-state index >= 15 is 0 Å². The van der Waals surface area contributed by atoms with Crippen LogP contribution in [0.15, 0.2) is 47.1 Å². The molecule has 1 atom stereocenters. The van der Waals surface area contributed by atoms with Crippen molar-refractivity contribution in [3.63, 3.8) is 0 Å². The zero-order valence-corrected chi connectivity index (χ0v) is 15.0.